The Kier molecular flexibility index (Phi) is 3.15. The predicted octanol–water partition coefficient (Wildman–Crippen LogP) is 3.57. The molecule has 110 valence electrons. The molecule has 0 bridgehead atoms. The number of anilines is 1. The third-order valence-electron chi connectivity index (χ3n) is 3.60. The Hall–Kier alpha value is -2.04. The van der Waals surface area contributed by atoms with Crippen molar-refractivity contribution in [1.82, 2.24) is 9.97 Å². The Balaban J connectivity index is 1.91. The second kappa shape index (κ2) is 4.76. The zero-order valence-corrected chi connectivity index (χ0v) is 12.3. The lowest BCUT2D eigenvalue weighted by Gasteiger charge is -2.21. The van der Waals surface area contributed by atoms with Gasteiger partial charge in [-0.2, -0.15) is 0 Å². The minimum Gasteiger partial charge on any atom is -0.348 e. The van der Waals surface area contributed by atoms with Gasteiger partial charge in [-0.05, 0) is 29.3 Å². The number of benzene rings is 1. The highest BCUT2D eigenvalue weighted by molar-refractivity contribution is 5.47. The summed E-state index contributed by atoms with van der Waals surface area (Å²) in [5, 5.41) is 0. The maximum atomic E-state index is 13.3. The van der Waals surface area contributed by atoms with E-state index < -0.39 is 11.6 Å². The third-order valence-corrected chi connectivity index (χ3v) is 3.60. The lowest BCUT2D eigenvalue weighted by atomic mass is 9.96. The molecular formula is C16H17F2N3. The van der Waals surface area contributed by atoms with Gasteiger partial charge in [0.25, 0.3) is 0 Å². The van der Waals surface area contributed by atoms with Crippen LogP contribution in [-0.4, -0.2) is 9.97 Å². The standard InChI is InChI=1S/C16H17F2N3/c1-16(2,3)15-19-5-4-14(20-15)21-8-10-6-12(17)13(18)7-11(10)9-21/h4-7H,8-9H2,1-3H3. The van der Waals surface area contributed by atoms with Crippen LogP contribution in [0.15, 0.2) is 24.4 Å². The van der Waals surface area contributed by atoms with Crippen molar-refractivity contribution >= 4 is 5.82 Å². The second-order valence-electron chi connectivity index (χ2n) is 6.38. The van der Waals surface area contributed by atoms with Crippen LogP contribution in [0.3, 0.4) is 0 Å². The summed E-state index contributed by atoms with van der Waals surface area (Å²) in [6.07, 6.45) is 1.73. The van der Waals surface area contributed by atoms with E-state index in [0.717, 1.165) is 22.8 Å². The Morgan fingerprint density at radius 2 is 1.62 bits per heavy atom. The first-order chi connectivity index (χ1) is 9.84. The number of rotatable bonds is 1. The SMILES string of the molecule is CC(C)(C)c1nccc(N2Cc3cc(F)c(F)cc3C2)n1. The van der Waals surface area contributed by atoms with Crippen LogP contribution in [0.25, 0.3) is 0 Å². The minimum atomic E-state index is -0.798. The van der Waals surface area contributed by atoms with E-state index in [1.165, 1.54) is 12.1 Å². The van der Waals surface area contributed by atoms with E-state index in [9.17, 15) is 8.78 Å². The first kappa shape index (κ1) is 13.9. The van der Waals surface area contributed by atoms with Gasteiger partial charge >= 0.3 is 0 Å². The predicted molar refractivity (Wildman–Crippen MR) is 77.0 cm³/mol. The molecule has 0 fully saturated rings. The van der Waals surface area contributed by atoms with Crippen molar-refractivity contribution in [2.45, 2.75) is 39.3 Å². The van der Waals surface area contributed by atoms with Gasteiger partial charge in [0, 0.05) is 24.7 Å². The molecule has 5 heteroatoms. The molecule has 0 atom stereocenters. The molecule has 0 unspecified atom stereocenters. The van der Waals surface area contributed by atoms with Crippen molar-refractivity contribution in [3.05, 3.63) is 53.0 Å². The van der Waals surface area contributed by atoms with Gasteiger partial charge in [0.15, 0.2) is 11.6 Å². The number of aromatic nitrogens is 2. The smallest absolute Gasteiger partial charge is 0.159 e. The van der Waals surface area contributed by atoms with Gasteiger partial charge in [-0.1, -0.05) is 20.8 Å². The molecule has 21 heavy (non-hydrogen) atoms. The molecule has 1 aromatic carbocycles. The van der Waals surface area contributed by atoms with Crippen LogP contribution in [0, 0.1) is 11.6 Å². The van der Waals surface area contributed by atoms with Crippen molar-refractivity contribution in [2.24, 2.45) is 0 Å². The summed E-state index contributed by atoms with van der Waals surface area (Å²) in [7, 11) is 0. The van der Waals surface area contributed by atoms with Crippen LogP contribution in [0.1, 0.15) is 37.7 Å². The van der Waals surface area contributed by atoms with Crippen LogP contribution in [-0.2, 0) is 18.5 Å². The molecule has 0 N–H and O–H groups in total. The molecule has 3 rings (SSSR count). The van der Waals surface area contributed by atoms with Gasteiger partial charge < -0.3 is 4.90 Å². The van der Waals surface area contributed by atoms with Gasteiger partial charge in [-0.3, -0.25) is 0 Å². The number of hydrogen-bond acceptors (Lipinski definition) is 3. The van der Waals surface area contributed by atoms with Crippen molar-refractivity contribution in [3.8, 4) is 0 Å². The lowest BCUT2D eigenvalue weighted by molar-refractivity contribution is 0.507. The number of halogens is 2. The second-order valence-corrected chi connectivity index (χ2v) is 6.38. The summed E-state index contributed by atoms with van der Waals surface area (Å²) in [5.41, 5.74) is 1.48. The van der Waals surface area contributed by atoms with Gasteiger partial charge in [0.05, 0.1) is 0 Å². The normalized spacial score (nSPS) is 14.4. The molecule has 1 aromatic heterocycles. The average Bonchev–Trinajstić information content (AvgIpc) is 2.81. The van der Waals surface area contributed by atoms with E-state index in [1.807, 2.05) is 11.0 Å². The molecule has 1 aliphatic heterocycles. The van der Waals surface area contributed by atoms with Crippen molar-refractivity contribution < 1.29 is 8.78 Å². The average molecular weight is 289 g/mol. The van der Waals surface area contributed by atoms with Crippen LogP contribution in [0.4, 0.5) is 14.6 Å². The van der Waals surface area contributed by atoms with Gasteiger partial charge in [-0.25, -0.2) is 18.7 Å². The van der Waals surface area contributed by atoms with Gasteiger partial charge in [0.1, 0.15) is 11.6 Å². The summed E-state index contributed by atoms with van der Waals surface area (Å²) in [4.78, 5) is 10.9. The molecule has 0 saturated carbocycles. The monoisotopic (exact) mass is 289 g/mol. The molecule has 0 aliphatic carbocycles. The zero-order chi connectivity index (χ0) is 15.2. The molecule has 0 amide bonds. The highest BCUT2D eigenvalue weighted by atomic mass is 19.2. The molecule has 1 aliphatic rings. The Labute approximate surface area is 122 Å². The van der Waals surface area contributed by atoms with Crippen molar-refractivity contribution in [1.29, 1.82) is 0 Å². The third kappa shape index (κ3) is 2.60. The molecular weight excluding hydrogens is 272 g/mol. The van der Waals surface area contributed by atoms with E-state index in [2.05, 4.69) is 30.7 Å². The summed E-state index contributed by atoms with van der Waals surface area (Å²) in [6, 6.07) is 4.38. The first-order valence-electron chi connectivity index (χ1n) is 6.90. The summed E-state index contributed by atoms with van der Waals surface area (Å²) in [5.74, 6) is -0.0532. The van der Waals surface area contributed by atoms with Crippen LogP contribution in [0.2, 0.25) is 0 Å². The summed E-state index contributed by atoms with van der Waals surface area (Å²) in [6.45, 7) is 7.22. The molecule has 0 spiro atoms. The van der Waals surface area contributed by atoms with Crippen LogP contribution in [0.5, 0.6) is 0 Å². The first-order valence-corrected chi connectivity index (χ1v) is 6.90. The van der Waals surface area contributed by atoms with E-state index in [1.54, 1.807) is 6.20 Å². The van der Waals surface area contributed by atoms with Gasteiger partial charge in [0.2, 0.25) is 0 Å². The Bertz CT molecular complexity index is 661. The maximum absolute atomic E-state index is 13.3. The molecule has 0 radical (unpaired) electrons. The largest absolute Gasteiger partial charge is 0.348 e. The van der Waals surface area contributed by atoms with Crippen molar-refractivity contribution in [3.63, 3.8) is 0 Å². The Morgan fingerprint density at radius 3 is 2.14 bits per heavy atom. The molecule has 2 aromatic rings. The highest BCUT2D eigenvalue weighted by Crippen LogP contribution is 2.29. The fourth-order valence-corrected chi connectivity index (χ4v) is 2.44. The van der Waals surface area contributed by atoms with Crippen LogP contribution < -0.4 is 4.90 Å². The van der Waals surface area contributed by atoms with Crippen molar-refractivity contribution in [2.75, 3.05) is 4.90 Å². The summed E-state index contributed by atoms with van der Waals surface area (Å²) < 4.78 is 26.6. The fourth-order valence-electron chi connectivity index (χ4n) is 2.44. The molecule has 3 nitrogen and oxygen atoms in total. The maximum Gasteiger partial charge on any atom is 0.159 e. The van der Waals surface area contributed by atoms with Crippen LogP contribution >= 0.6 is 0 Å². The molecule has 0 saturated heterocycles. The quantitative estimate of drug-likeness (QED) is 0.803. The fraction of sp³-hybridized carbons (Fsp3) is 0.375. The highest BCUT2D eigenvalue weighted by Gasteiger charge is 2.24. The Morgan fingerprint density at radius 1 is 1.05 bits per heavy atom. The number of fused-ring (bicyclic) bond motifs is 1. The van der Waals surface area contributed by atoms with E-state index in [-0.39, 0.29) is 5.41 Å². The van der Waals surface area contributed by atoms with E-state index >= 15 is 0 Å². The van der Waals surface area contributed by atoms with E-state index in [4.69, 9.17) is 0 Å². The summed E-state index contributed by atoms with van der Waals surface area (Å²) >= 11 is 0. The number of hydrogen-bond donors (Lipinski definition) is 0. The minimum absolute atomic E-state index is 0.138. The lowest BCUT2D eigenvalue weighted by Crippen LogP contribution is -2.21. The van der Waals surface area contributed by atoms with Gasteiger partial charge in [-0.15, -0.1) is 0 Å². The molecule has 2 heterocycles. The number of nitrogens with zero attached hydrogens (tertiary/aromatic N) is 3. The topological polar surface area (TPSA) is 29.0 Å². The van der Waals surface area contributed by atoms with E-state index in [0.29, 0.717) is 13.1 Å². The zero-order valence-electron chi connectivity index (χ0n) is 12.3.